The largest absolute Gasteiger partial charge is 0.315 e. The first kappa shape index (κ1) is 17.5. The average molecular weight is 379 g/mol. The van der Waals surface area contributed by atoms with E-state index >= 15 is 0 Å². The minimum atomic E-state index is -0.0419. The second-order valence-corrected chi connectivity index (χ2v) is 6.68. The Morgan fingerprint density at radius 2 is 2.04 bits per heavy atom. The van der Waals surface area contributed by atoms with Crippen LogP contribution in [0.3, 0.4) is 0 Å². The summed E-state index contributed by atoms with van der Waals surface area (Å²) >= 11 is 6.21. The maximum absolute atomic E-state index is 6.21. The molecule has 4 heterocycles. The summed E-state index contributed by atoms with van der Waals surface area (Å²) in [6, 6.07) is 5.57. The van der Waals surface area contributed by atoms with Gasteiger partial charge in [0.2, 0.25) is 0 Å². The van der Waals surface area contributed by atoms with Crippen LogP contribution in [-0.4, -0.2) is 46.5 Å². The van der Waals surface area contributed by atoms with Crippen LogP contribution in [0.4, 0.5) is 11.5 Å². The highest BCUT2D eigenvalue weighted by molar-refractivity contribution is 6.29. The Hall–Kier alpha value is -2.86. The molecule has 2 atom stereocenters. The van der Waals surface area contributed by atoms with Crippen molar-refractivity contribution in [1.29, 1.82) is 0 Å². The second-order valence-electron chi connectivity index (χ2n) is 6.29. The van der Waals surface area contributed by atoms with E-state index in [9.17, 15) is 0 Å². The number of hydrogen-bond acceptors (Lipinski definition) is 6. The Bertz CT molecular complexity index is 894. The molecule has 2 aliphatic rings. The van der Waals surface area contributed by atoms with Crippen LogP contribution in [0.1, 0.15) is 6.42 Å². The number of rotatable bonds is 5. The van der Waals surface area contributed by atoms with Crippen molar-refractivity contribution >= 4 is 35.5 Å². The maximum Gasteiger partial charge on any atom is 0.135 e. The number of aromatic nitrogens is 3. The molecule has 2 aromatic heterocycles. The number of hydrogen-bond donors (Lipinski definition) is 0. The highest BCUT2D eigenvalue weighted by Crippen LogP contribution is 2.34. The van der Waals surface area contributed by atoms with E-state index < -0.39 is 0 Å². The molecular weight excluding hydrogens is 360 g/mol. The highest BCUT2D eigenvalue weighted by Gasteiger charge is 2.32. The van der Waals surface area contributed by atoms with Crippen LogP contribution in [0, 0.1) is 5.92 Å². The lowest BCUT2D eigenvalue weighted by Gasteiger charge is -2.37. The Labute approximate surface area is 163 Å². The topological polar surface area (TPSA) is 66.6 Å². The first-order valence-corrected chi connectivity index (χ1v) is 9.21. The van der Waals surface area contributed by atoms with Gasteiger partial charge in [0.25, 0.3) is 0 Å². The highest BCUT2D eigenvalue weighted by atomic mass is 35.5. The van der Waals surface area contributed by atoms with E-state index in [1.54, 1.807) is 18.5 Å². The SMILES string of the molecule is Clc1cccc(N(c2cncnc2)C(C2=CCC=NC2)C2C=CCN=C2)n1. The van der Waals surface area contributed by atoms with Crippen LogP contribution >= 0.6 is 11.6 Å². The van der Waals surface area contributed by atoms with Crippen LogP contribution in [0.25, 0.3) is 0 Å². The molecule has 0 aliphatic carbocycles. The van der Waals surface area contributed by atoms with E-state index in [1.165, 1.54) is 11.9 Å². The molecule has 6 nitrogen and oxygen atoms in total. The van der Waals surface area contributed by atoms with Gasteiger partial charge in [0, 0.05) is 24.8 Å². The van der Waals surface area contributed by atoms with Gasteiger partial charge in [-0.05, 0) is 17.7 Å². The number of anilines is 2. The summed E-state index contributed by atoms with van der Waals surface area (Å²) in [5, 5.41) is 0.441. The number of nitrogens with zero attached hydrogens (tertiary/aromatic N) is 6. The zero-order valence-corrected chi connectivity index (χ0v) is 15.4. The van der Waals surface area contributed by atoms with E-state index in [-0.39, 0.29) is 12.0 Å². The Balaban J connectivity index is 1.85. The predicted molar refractivity (Wildman–Crippen MR) is 109 cm³/mol. The van der Waals surface area contributed by atoms with Crippen molar-refractivity contribution in [3.63, 3.8) is 0 Å². The van der Waals surface area contributed by atoms with Gasteiger partial charge in [0.05, 0.1) is 37.2 Å². The first-order chi connectivity index (χ1) is 13.3. The molecule has 2 aliphatic heterocycles. The average Bonchev–Trinajstić information content (AvgIpc) is 2.74. The molecule has 0 spiro atoms. The fraction of sp³-hybridized carbons (Fsp3) is 0.250. The van der Waals surface area contributed by atoms with E-state index in [4.69, 9.17) is 11.6 Å². The van der Waals surface area contributed by atoms with Crippen LogP contribution < -0.4 is 4.90 Å². The van der Waals surface area contributed by atoms with Gasteiger partial charge in [-0.1, -0.05) is 35.9 Å². The molecule has 0 bridgehead atoms. The zero-order chi connectivity index (χ0) is 18.5. The lowest BCUT2D eigenvalue weighted by Crippen LogP contribution is -2.41. The fourth-order valence-corrected chi connectivity index (χ4v) is 3.55. The van der Waals surface area contributed by atoms with E-state index in [0.717, 1.165) is 17.9 Å². The van der Waals surface area contributed by atoms with Crippen molar-refractivity contribution in [3.05, 3.63) is 65.9 Å². The summed E-state index contributed by atoms with van der Waals surface area (Å²) in [7, 11) is 0. The van der Waals surface area contributed by atoms with Crippen LogP contribution in [0.2, 0.25) is 5.15 Å². The summed E-state index contributed by atoms with van der Waals surface area (Å²) in [6.45, 7) is 1.36. The van der Waals surface area contributed by atoms with Gasteiger partial charge in [-0.3, -0.25) is 9.98 Å². The van der Waals surface area contributed by atoms with Crippen LogP contribution in [0.15, 0.2) is 70.7 Å². The normalized spacial score (nSPS) is 19.6. The molecule has 2 unspecified atom stereocenters. The number of aliphatic imine (C=N–C) groups is 2. The molecule has 2 aromatic rings. The van der Waals surface area contributed by atoms with Crippen molar-refractivity contribution in [2.45, 2.75) is 12.5 Å². The van der Waals surface area contributed by atoms with Gasteiger partial charge < -0.3 is 4.90 Å². The second kappa shape index (κ2) is 8.22. The molecule has 136 valence electrons. The minimum Gasteiger partial charge on any atom is -0.315 e. The molecule has 0 amide bonds. The Morgan fingerprint density at radius 1 is 1.15 bits per heavy atom. The van der Waals surface area contributed by atoms with Gasteiger partial charge in [-0.15, -0.1) is 0 Å². The maximum atomic E-state index is 6.21. The van der Waals surface area contributed by atoms with Crippen molar-refractivity contribution in [2.75, 3.05) is 18.0 Å². The molecule has 0 fully saturated rings. The molecule has 0 saturated carbocycles. The van der Waals surface area contributed by atoms with Crippen LogP contribution in [0.5, 0.6) is 0 Å². The molecule has 0 N–H and O–H groups in total. The molecule has 0 aromatic carbocycles. The first-order valence-electron chi connectivity index (χ1n) is 8.83. The predicted octanol–water partition coefficient (Wildman–Crippen LogP) is 3.69. The number of allylic oxidation sites excluding steroid dienone is 1. The fourth-order valence-electron chi connectivity index (χ4n) is 3.39. The van der Waals surface area contributed by atoms with Gasteiger partial charge in [0.15, 0.2) is 0 Å². The Kier molecular flexibility index (Phi) is 5.34. The summed E-state index contributed by atoms with van der Waals surface area (Å²) in [5.41, 5.74) is 2.06. The van der Waals surface area contributed by atoms with Crippen molar-refractivity contribution in [1.82, 2.24) is 15.0 Å². The summed E-state index contributed by atoms with van der Waals surface area (Å²) in [6.07, 6.45) is 16.4. The van der Waals surface area contributed by atoms with E-state index in [0.29, 0.717) is 18.2 Å². The van der Waals surface area contributed by atoms with Crippen molar-refractivity contribution in [3.8, 4) is 0 Å². The van der Waals surface area contributed by atoms with Gasteiger partial charge >= 0.3 is 0 Å². The third kappa shape index (κ3) is 3.95. The number of pyridine rings is 1. The monoisotopic (exact) mass is 378 g/mol. The minimum absolute atomic E-state index is 0.0419. The molecule has 27 heavy (non-hydrogen) atoms. The quantitative estimate of drug-likeness (QED) is 0.587. The van der Waals surface area contributed by atoms with Gasteiger partial charge in [-0.2, -0.15) is 0 Å². The van der Waals surface area contributed by atoms with Crippen molar-refractivity contribution < 1.29 is 0 Å². The third-order valence-corrected chi connectivity index (χ3v) is 4.74. The zero-order valence-electron chi connectivity index (χ0n) is 14.7. The Morgan fingerprint density at radius 3 is 2.74 bits per heavy atom. The molecular formula is C20H19ClN6. The number of dihydropyridines is 2. The molecule has 4 rings (SSSR count). The van der Waals surface area contributed by atoms with Gasteiger partial charge in [-0.25, -0.2) is 15.0 Å². The lowest BCUT2D eigenvalue weighted by molar-refractivity contribution is 0.646. The van der Waals surface area contributed by atoms with Gasteiger partial charge in [0.1, 0.15) is 17.3 Å². The van der Waals surface area contributed by atoms with E-state index in [1.807, 2.05) is 24.6 Å². The number of halogens is 1. The summed E-state index contributed by atoms with van der Waals surface area (Å²) in [5.74, 6) is 0.824. The van der Waals surface area contributed by atoms with Crippen LogP contribution in [-0.2, 0) is 0 Å². The molecule has 7 heteroatoms. The van der Waals surface area contributed by atoms with E-state index in [2.05, 4.69) is 48.1 Å². The summed E-state index contributed by atoms with van der Waals surface area (Å²) in [4.78, 5) is 24.1. The molecule has 0 radical (unpaired) electrons. The smallest absolute Gasteiger partial charge is 0.135 e. The van der Waals surface area contributed by atoms with Crippen molar-refractivity contribution in [2.24, 2.45) is 15.9 Å². The lowest BCUT2D eigenvalue weighted by atomic mass is 9.89. The molecule has 0 saturated heterocycles. The third-order valence-electron chi connectivity index (χ3n) is 4.53. The summed E-state index contributed by atoms with van der Waals surface area (Å²) < 4.78 is 0. The standard InChI is InChI=1S/C20H19ClN6/c21-18-6-1-7-19(26-18)27(17-12-24-14-25-13-17)20(15-4-2-8-22-10-15)16-5-3-9-23-11-16/h1-2,4-7,9-10,12-15,20H,3,8,11H2.